The van der Waals surface area contributed by atoms with Gasteiger partial charge in [0.05, 0.1) is 16.7 Å². The van der Waals surface area contributed by atoms with E-state index in [1.807, 2.05) is 6.92 Å². The molecule has 0 fully saturated rings. The molecule has 7 heteroatoms. The normalized spacial score (nSPS) is 11.1. The van der Waals surface area contributed by atoms with Gasteiger partial charge in [0.1, 0.15) is 5.69 Å². The molecular formula is C13H12N4O3. The van der Waals surface area contributed by atoms with Crippen LogP contribution in [0.4, 0.5) is 0 Å². The van der Waals surface area contributed by atoms with Gasteiger partial charge >= 0.3 is 11.7 Å². The zero-order valence-electron chi connectivity index (χ0n) is 10.7. The van der Waals surface area contributed by atoms with Crippen LogP contribution in [-0.2, 0) is 6.54 Å². The van der Waals surface area contributed by atoms with Crippen LogP contribution in [0.25, 0.3) is 22.3 Å². The predicted octanol–water partition coefficient (Wildman–Crippen LogP) is 1.44. The van der Waals surface area contributed by atoms with E-state index in [1.54, 1.807) is 18.2 Å². The first-order chi connectivity index (χ1) is 9.58. The number of aryl methyl sites for hydroxylation is 1. The van der Waals surface area contributed by atoms with Gasteiger partial charge in [-0.15, -0.1) is 0 Å². The zero-order chi connectivity index (χ0) is 14.3. The Labute approximate surface area is 112 Å². The van der Waals surface area contributed by atoms with E-state index >= 15 is 0 Å². The number of imidazole rings is 1. The van der Waals surface area contributed by atoms with Gasteiger partial charge in [0.25, 0.3) is 0 Å². The Hall–Kier alpha value is -2.83. The molecule has 20 heavy (non-hydrogen) atoms. The molecule has 0 unspecified atom stereocenters. The van der Waals surface area contributed by atoms with Crippen molar-refractivity contribution < 1.29 is 9.90 Å². The number of aromatic amines is 2. The van der Waals surface area contributed by atoms with E-state index in [0.29, 0.717) is 23.3 Å². The minimum atomic E-state index is -1.01. The highest BCUT2D eigenvalue weighted by Gasteiger charge is 2.14. The van der Waals surface area contributed by atoms with Crippen LogP contribution in [0.5, 0.6) is 0 Å². The van der Waals surface area contributed by atoms with Crippen LogP contribution in [0.15, 0.2) is 29.1 Å². The second kappa shape index (κ2) is 4.37. The number of H-pyrrole nitrogens is 2. The number of aromatic carboxylic acids is 1. The van der Waals surface area contributed by atoms with Gasteiger partial charge in [-0.05, 0) is 25.1 Å². The molecule has 0 saturated heterocycles. The van der Waals surface area contributed by atoms with Crippen molar-refractivity contribution in [2.24, 2.45) is 0 Å². The van der Waals surface area contributed by atoms with Crippen molar-refractivity contribution >= 4 is 17.0 Å². The Morgan fingerprint density at radius 2 is 2.05 bits per heavy atom. The second-order valence-electron chi connectivity index (χ2n) is 4.38. The molecule has 0 aliphatic rings. The van der Waals surface area contributed by atoms with Crippen LogP contribution in [0.3, 0.4) is 0 Å². The fraction of sp³-hybridized carbons (Fsp3) is 0.154. The average molecular weight is 272 g/mol. The first-order valence-electron chi connectivity index (χ1n) is 6.12. The third-order valence-corrected chi connectivity index (χ3v) is 3.11. The van der Waals surface area contributed by atoms with E-state index in [9.17, 15) is 9.59 Å². The number of rotatable bonds is 3. The number of fused-ring (bicyclic) bond motifs is 1. The van der Waals surface area contributed by atoms with E-state index in [0.717, 1.165) is 5.56 Å². The van der Waals surface area contributed by atoms with Crippen molar-refractivity contribution in [3.05, 3.63) is 40.4 Å². The fourth-order valence-corrected chi connectivity index (χ4v) is 2.16. The van der Waals surface area contributed by atoms with E-state index in [4.69, 9.17) is 5.11 Å². The quantitative estimate of drug-likeness (QED) is 0.671. The van der Waals surface area contributed by atoms with Crippen molar-refractivity contribution in [3.63, 3.8) is 0 Å². The third-order valence-electron chi connectivity index (χ3n) is 3.11. The summed E-state index contributed by atoms with van der Waals surface area (Å²) in [7, 11) is 0. The number of aromatic nitrogens is 4. The molecule has 0 radical (unpaired) electrons. The molecule has 1 aromatic carbocycles. The van der Waals surface area contributed by atoms with Gasteiger partial charge < -0.3 is 15.1 Å². The highest BCUT2D eigenvalue weighted by molar-refractivity contribution is 5.88. The number of nitrogens with zero attached hydrogens (tertiary/aromatic N) is 2. The Balaban J connectivity index is 2.14. The molecule has 0 saturated carbocycles. The Morgan fingerprint density at radius 3 is 2.70 bits per heavy atom. The summed E-state index contributed by atoms with van der Waals surface area (Å²) in [4.78, 5) is 27.7. The van der Waals surface area contributed by atoms with Crippen LogP contribution in [-0.4, -0.2) is 30.8 Å². The van der Waals surface area contributed by atoms with Crippen LogP contribution < -0.4 is 5.69 Å². The van der Waals surface area contributed by atoms with E-state index in [2.05, 4.69) is 15.1 Å². The van der Waals surface area contributed by atoms with Crippen molar-refractivity contribution in [3.8, 4) is 11.3 Å². The summed E-state index contributed by atoms with van der Waals surface area (Å²) < 4.78 is 1.43. The predicted molar refractivity (Wildman–Crippen MR) is 72.8 cm³/mol. The van der Waals surface area contributed by atoms with Crippen molar-refractivity contribution in [1.29, 1.82) is 0 Å². The molecule has 3 rings (SSSR count). The van der Waals surface area contributed by atoms with Crippen LogP contribution in [0.1, 0.15) is 17.4 Å². The summed E-state index contributed by atoms with van der Waals surface area (Å²) in [6.07, 6.45) is 0. The molecule has 3 aromatic rings. The molecule has 102 valence electrons. The summed E-state index contributed by atoms with van der Waals surface area (Å²) in [5.41, 5.74) is 2.55. The second-order valence-corrected chi connectivity index (χ2v) is 4.38. The molecule has 7 nitrogen and oxygen atoms in total. The average Bonchev–Trinajstić information content (AvgIpc) is 2.99. The lowest BCUT2D eigenvalue weighted by Crippen LogP contribution is -2.07. The molecule has 2 aromatic heterocycles. The Morgan fingerprint density at radius 1 is 1.30 bits per heavy atom. The maximum Gasteiger partial charge on any atom is 0.354 e. The smallest absolute Gasteiger partial charge is 0.354 e. The van der Waals surface area contributed by atoms with E-state index in [1.165, 1.54) is 10.7 Å². The summed E-state index contributed by atoms with van der Waals surface area (Å²) in [6, 6.07) is 6.84. The van der Waals surface area contributed by atoms with Gasteiger partial charge in [0.15, 0.2) is 0 Å². The van der Waals surface area contributed by atoms with Gasteiger partial charge in [-0.25, -0.2) is 9.59 Å². The Kier molecular flexibility index (Phi) is 2.67. The molecule has 0 bridgehead atoms. The highest BCUT2D eigenvalue weighted by atomic mass is 16.4. The van der Waals surface area contributed by atoms with Gasteiger partial charge in [-0.3, -0.25) is 4.68 Å². The van der Waals surface area contributed by atoms with Crippen molar-refractivity contribution in [2.45, 2.75) is 13.5 Å². The lowest BCUT2D eigenvalue weighted by Gasteiger charge is -1.98. The topological polar surface area (TPSA) is 104 Å². The number of carbonyl (C=O) groups is 1. The molecule has 0 aliphatic heterocycles. The number of carboxylic acid groups (broad SMARTS) is 1. The molecule has 0 aliphatic carbocycles. The largest absolute Gasteiger partial charge is 0.477 e. The summed E-state index contributed by atoms with van der Waals surface area (Å²) in [6.45, 7) is 2.31. The highest BCUT2D eigenvalue weighted by Crippen LogP contribution is 2.22. The molecule has 0 spiro atoms. The van der Waals surface area contributed by atoms with Crippen LogP contribution in [0.2, 0.25) is 0 Å². The number of hydrogen-bond donors (Lipinski definition) is 3. The summed E-state index contributed by atoms with van der Waals surface area (Å²) in [5, 5.41) is 13.4. The van der Waals surface area contributed by atoms with Crippen LogP contribution >= 0.6 is 0 Å². The molecular weight excluding hydrogens is 260 g/mol. The lowest BCUT2D eigenvalue weighted by atomic mass is 10.1. The summed E-state index contributed by atoms with van der Waals surface area (Å²) in [5.74, 6) is -1.01. The van der Waals surface area contributed by atoms with Gasteiger partial charge in [-0.1, -0.05) is 6.07 Å². The molecule has 0 amide bonds. The minimum Gasteiger partial charge on any atom is -0.477 e. The van der Waals surface area contributed by atoms with Gasteiger partial charge in [0, 0.05) is 12.1 Å². The fourth-order valence-electron chi connectivity index (χ4n) is 2.16. The first kappa shape index (κ1) is 12.2. The number of benzene rings is 1. The molecule has 2 heterocycles. The summed E-state index contributed by atoms with van der Waals surface area (Å²) >= 11 is 0. The monoisotopic (exact) mass is 272 g/mol. The molecule has 0 atom stereocenters. The van der Waals surface area contributed by atoms with E-state index < -0.39 is 5.97 Å². The minimum absolute atomic E-state index is 0.144. The SMILES string of the molecule is CCn1nc(-c2ccc3[nH]c(=O)[nH]c3c2)cc1C(=O)O. The third kappa shape index (κ3) is 1.89. The zero-order valence-corrected chi connectivity index (χ0v) is 10.7. The maximum absolute atomic E-state index is 11.2. The van der Waals surface area contributed by atoms with Crippen molar-refractivity contribution in [2.75, 3.05) is 0 Å². The van der Waals surface area contributed by atoms with Gasteiger partial charge in [0.2, 0.25) is 0 Å². The number of nitrogens with one attached hydrogen (secondary N) is 2. The number of carboxylic acids is 1. The van der Waals surface area contributed by atoms with Gasteiger partial charge in [-0.2, -0.15) is 5.10 Å². The van der Waals surface area contributed by atoms with Crippen LogP contribution in [0, 0.1) is 0 Å². The standard InChI is InChI=1S/C13H12N4O3/c1-2-17-11(12(18)19)6-9(16-17)7-3-4-8-10(5-7)15-13(20)14-8/h3-6H,2H2,1H3,(H,18,19)(H2,14,15,20). The molecule has 3 N–H and O–H groups in total. The van der Waals surface area contributed by atoms with E-state index in [-0.39, 0.29) is 11.4 Å². The Bertz CT molecular complexity index is 856. The first-order valence-corrected chi connectivity index (χ1v) is 6.12. The lowest BCUT2D eigenvalue weighted by molar-refractivity contribution is 0.0683. The number of hydrogen-bond acceptors (Lipinski definition) is 3. The maximum atomic E-state index is 11.2. The van der Waals surface area contributed by atoms with Crippen molar-refractivity contribution in [1.82, 2.24) is 19.7 Å².